The third-order valence-electron chi connectivity index (χ3n) is 2.33. The van der Waals surface area contributed by atoms with Crippen LogP contribution >= 0.6 is 15.9 Å². The van der Waals surface area contributed by atoms with Crippen LogP contribution in [0.15, 0.2) is 0 Å². The number of rotatable bonds is 3. The van der Waals surface area contributed by atoms with Gasteiger partial charge in [-0.2, -0.15) is 0 Å². The summed E-state index contributed by atoms with van der Waals surface area (Å²) in [4.78, 5) is 11.2. The Kier molecular flexibility index (Phi) is 4.06. The number of hydrogen-bond donors (Lipinski definition) is 0. The van der Waals surface area contributed by atoms with E-state index in [9.17, 15) is 4.79 Å². The lowest BCUT2D eigenvalue weighted by Gasteiger charge is -2.14. The molecule has 1 rings (SSSR count). The fourth-order valence-corrected chi connectivity index (χ4v) is 2.33. The number of halogens is 1. The Bertz CT molecular complexity index is 153. The van der Waals surface area contributed by atoms with Gasteiger partial charge in [-0.05, 0) is 25.7 Å². The number of carbonyl (C=O) groups excluding carboxylic acids is 1. The largest absolute Gasteiger partial charge is 0.465 e. The van der Waals surface area contributed by atoms with Crippen LogP contribution < -0.4 is 0 Å². The second kappa shape index (κ2) is 4.85. The lowest BCUT2D eigenvalue weighted by molar-refractivity contribution is -0.143. The fourth-order valence-electron chi connectivity index (χ4n) is 1.66. The van der Waals surface area contributed by atoms with Gasteiger partial charge in [0.25, 0.3) is 0 Å². The zero-order valence-corrected chi connectivity index (χ0v) is 8.97. The second-order valence-electron chi connectivity index (χ2n) is 3.20. The predicted octanol–water partition coefficient (Wildman–Crippen LogP) is 2.50. The van der Waals surface area contributed by atoms with Crippen molar-refractivity contribution in [2.45, 2.75) is 37.4 Å². The number of hydrogen-bond acceptors (Lipinski definition) is 2. The van der Waals surface area contributed by atoms with Gasteiger partial charge in [0.15, 0.2) is 0 Å². The van der Waals surface area contributed by atoms with E-state index in [-0.39, 0.29) is 10.8 Å². The summed E-state index contributed by atoms with van der Waals surface area (Å²) in [5.41, 5.74) is 0. The molecule has 1 aliphatic carbocycles. The molecule has 0 N–H and O–H groups in total. The molecule has 0 amide bonds. The van der Waals surface area contributed by atoms with E-state index < -0.39 is 0 Å². The van der Waals surface area contributed by atoms with Crippen molar-refractivity contribution in [2.24, 2.45) is 5.92 Å². The van der Waals surface area contributed by atoms with Crippen LogP contribution in [0, 0.1) is 5.92 Å². The topological polar surface area (TPSA) is 26.3 Å². The van der Waals surface area contributed by atoms with E-state index in [4.69, 9.17) is 4.74 Å². The van der Waals surface area contributed by atoms with Crippen molar-refractivity contribution in [1.29, 1.82) is 0 Å². The van der Waals surface area contributed by atoms with Gasteiger partial charge in [0, 0.05) is 0 Å². The van der Waals surface area contributed by atoms with Gasteiger partial charge in [0.2, 0.25) is 0 Å². The molecule has 0 spiro atoms. The van der Waals surface area contributed by atoms with Crippen LogP contribution in [0.2, 0.25) is 0 Å². The quantitative estimate of drug-likeness (QED) is 0.555. The van der Waals surface area contributed by atoms with Crippen molar-refractivity contribution in [3.05, 3.63) is 0 Å². The maximum Gasteiger partial charge on any atom is 0.319 e. The van der Waals surface area contributed by atoms with E-state index in [2.05, 4.69) is 15.9 Å². The highest BCUT2D eigenvalue weighted by molar-refractivity contribution is 9.10. The molecule has 1 fully saturated rings. The van der Waals surface area contributed by atoms with E-state index in [1.165, 1.54) is 12.8 Å². The molecular weight excluding hydrogens is 220 g/mol. The van der Waals surface area contributed by atoms with Crippen LogP contribution in [0.3, 0.4) is 0 Å². The minimum Gasteiger partial charge on any atom is -0.465 e. The molecule has 0 saturated heterocycles. The van der Waals surface area contributed by atoms with E-state index in [1.54, 1.807) is 0 Å². The van der Waals surface area contributed by atoms with Gasteiger partial charge >= 0.3 is 5.97 Å². The van der Waals surface area contributed by atoms with Crippen molar-refractivity contribution < 1.29 is 9.53 Å². The van der Waals surface area contributed by atoms with Crippen LogP contribution in [0.25, 0.3) is 0 Å². The minimum atomic E-state index is -0.0931. The molecular formula is C9H15BrO2. The first kappa shape index (κ1) is 10.0. The summed E-state index contributed by atoms with van der Waals surface area (Å²) in [6.45, 7) is 2.32. The van der Waals surface area contributed by atoms with E-state index >= 15 is 0 Å². The average molecular weight is 235 g/mol. The van der Waals surface area contributed by atoms with Gasteiger partial charge in [0.05, 0.1) is 6.61 Å². The maximum absolute atomic E-state index is 11.3. The molecule has 3 heteroatoms. The van der Waals surface area contributed by atoms with Crippen LogP contribution in [0.4, 0.5) is 0 Å². The molecule has 0 aromatic heterocycles. The number of ether oxygens (including phenoxy) is 1. The summed E-state index contributed by atoms with van der Waals surface area (Å²) in [7, 11) is 0. The predicted molar refractivity (Wildman–Crippen MR) is 51.3 cm³/mol. The highest BCUT2D eigenvalue weighted by atomic mass is 79.9. The number of alkyl halides is 1. The summed E-state index contributed by atoms with van der Waals surface area (Å²) in [5.74, 6) is 0.411. The summed E-state index contributed by atoms with van der Waals surface area (Å²) in [6.07, 6.45) is 4.84. The molecule has 1 saturated carbocycles. The average Bonchev–Trinajstić information content (AvgIpc) is 2.55. The normalized spacial score (nSPS) is 20.8. The van der Waals surface area contributed by atoms with Crippen LogP contribution in [-0.2, 0) is 9.53 Å². The Hall–Kier alpha value is -0.0500. The Balaban J connectivity index is 2.34. The molecule has 1 unspecified atom stereocenters. The lowest BCUT2D eigenvalue weighted by atomic mass is 10.0. The van der Waals surface area contributed by atoms with Crippen LogP contribution in [0.5, 0.6) is 0 Å². The van der Waals surface area contributed by atoms with Gasteiger partial charge in [0.1, 0.15) is 4.83 Å². The molecule has 0 radical (unpaired) electrons. The third-order valence-corrected chi connectivity index (χ3v) is 3.45. The first-order chi connectivity index (χ1) is 5.75. The molecule has 1 aliphatic rings. The molecule has 70 valence electrons. The van der Waals surface area contributed by atoms with Gasteiger partial charge in [-0.3, -0.25) is 4.79 Å². The number of carbonyl (C=O) groups is 1. The molecule has 1 atom stereocenters. The van der Waals surface area contributed by atoms with E-state index in [0.29, 0.717) is 12.5 Å². The summed E-state index contributed by atoms with van der Waals surface area (Å²) in [6, 6.07) is 0. The maximum atomic E-state index is 11.3. The third kappa shape index (κ3) is 2.47. The molecule has 0 aromatic carbocycles. The first-order valence-electron chi connectivity index (χ1n) is 4.56. The van der Waals surface area contributed by atoms with Crippen LogP contribution in [-0.4, -0.2) is 17.4 Å². The molecule has 0 bridgehead atoms. The van der Waals surface area contributed by atoms with Crippen molar-refractivity contribution in [3.63, 3.8) is 0 Å². The molecule has 12 heavy (non-hydrogen) atoms. The zero-order valence-electron chi connectivity index (χ0n) is 7.38. The van der Waals surface area contributed by atoms with E-state index in [1.807, 2.05) is 6.92 Å². The first-order valence-corrected chi connectivity index (χ1v) is 5.48. The Morgan fingerprint density at radius 3 is 2.67 bits per heavy atom. The molecule has 0 heterocycles. The molecule has 0 aliphatic heterocycles. The summed E-state index contributed by atoms with van der Waals surface area (Å²) in [5, 5.41) is 0. The minimum absolute atomic E-state index is 0.0695. The monoisotopic (exact) mass is 234 g/mol. The van der Waals surface area contributed by atoms with Gasteiger partial charge < -0.3 is 4.74 Å². The Morgan fingerprint density at radius 1 is 1.58 bits per heavy atom. The van der Waals surface area contributed by atoms with Gasteiger partial charge in [-0.15, -0.1) is 0 Å². The van der Waals surface area contributed by atoms with Gasteiger partial charge in [-0.25, -0.2) is 0 Å². The second-order valence-corrected chi connectivity index (χ2v) is 4.18. The standard InChI is InChI=1S/C9H15BrO2/c1-2-12-9(11)8(10)7-5-3-4-6-7/h7-8H,2-6H2,1H3. The lowest BCUT2D eigenvalue weighted by Crippen LogP contribution is -2.24. The van der Waals surface area contributed by atoms with Crippen molar-refractivity contribution >= 4 is 21.9 Å². The Morgan fingerprint density at radius 2 is 2.17 bits per heavy atom. The fraction of sp³-hybridized carbons (Fsp3) is 0.889. The smallest absolute Gasteiger partial charge is 0.319 e. The SMILES string of the molecule is CCOC(=O)C(Br)C1CCCC1. The van der Waals surface area contributed by atoms with Crippen LogP contribution in [0.1, 0.15) is 32.6 Å². The van der Waals surface area contributed by atoms with Gasteiger partial charge in [-0.1, -0.05) is 28.8 Å². The highest BCUT2D eigenvalue weighted by Crippen LogP contribution is 2.31. The summed E-state index contributed by atoms with van der Waals surface area (Å²) >= 11 is 3.40. The number of esters is 1. The van der Waals surface area contributed by atoms with Crippen molar-refractivity contribution in [2.75, 3.05) is 6.61 Å². The van der Waals surface area contributed by atoms with E-state index in [0.717, 1.165) is 12.8 Å². The zero-order chi connectivity index (χ0) is 8.97. The molecule has 2 nitrogen and oxygen atoms in total. The van der Waals surface area contributed by atoms with Crippen molar-refractivity contribution in [3.8, 4) is 0 Å². The Labute approximate surface area is 81.8 Å². The van der Waals surface area contributed by atoms with Crippen molar-refractivity contribution in [1.82, 2.24) is 0 Å². The highest BCUT2D eigenvalue weighted by Gasteiger charge is 2.29. The molecule has 0 aromatic rings. The summed E-state index contributed by atoms with van der Waals surface area (Å²) < 4.78 is 4.93.